The van der Waals surface area contributed by atoms with Gasteiger partial charge in [-0.3, -0.25) is 29.4 Å². The minimum absolute atomic E-state index is 0. The Morgan fingerprint density at radius 2 is 1.81 bits per heavy atom. The van der Waals surface area contributed by atoms with Crippen LogP contribution in [0, 0.1) is 0 Å². The largest absolute Gasteiger partial charge is 0.489 e. The molecule has 138 valence electrons. The van der Waals surface area contributed by atoms with Crippen molar-refractivity contribution in [2.45, 2.75) is 31.4 Å². The lowest BCUT2D eigenvalue weighted by Crippen LogP contribution is -2.54. The third-order valence-corrected chi connectivity index (χ3v) is 4.73. The molecule has 0 aromatic heterocycles. The Morgan fingerprint density at radius 3 is 2.50 bits per heavy atom. The second-order valence-electron chi connectivity index (χ2n) is 6.39. The predicted molar refractivity (Wildman–Crippen MR) is 92.3 cm³/mol. The lowest BCUT2D eigenvalue weighted by Gasteiger charge is -2.27. The molecule has 4 amide bonds. The van der Waals surface area contributed by atoms with E-state index in [1.807, 2.05) is 0 Å². The maximum absolute atomic E-state index is 12.7. The van der Waals surface area contributed by atoms with Crippen molar-refractivity contribution in [3.05, 3.63) is 29.3 Å². The molecule has 9 heteroatoms. The first-order valence-electron chi connectivity index (χ1n) is 8.27. The van der Waals surface area contributed by atoms with E-state index in [1.54, 1.807) is 18.2 Å². The number of rotatable bonds is 3. The number of ether oxygens (including phenoxy) is 1. The van der Waals surface area contributed by atoms with Gasteiger partial charge in [-0.05, 0) is 37.6 Å². The summed E-state index contributed by atoms with van der Waals surface area (Å²) in [6, 6.07) is 3.82. The zero-order valence-corrected chi connectivity index (χ0v) is 14.6. The molecule has 1 aromatic rings. The van der Waals surface area contributed by atoms with Gasteiger partial charge in [-0.15, -0.1) is 12.4 Å². The highest BCUT2D eigenvalue weighted by Crippen LogP contribution is 2.30. The first-order valence-corrected chi connectivity index (χ1v) is 8.27. The van der Waals surface area contributed by atoms with Crippen molar-refractivity contribution in [2.75, 3.05) is 13.1 Å². The second-order valence-corrected chi connectivity index (χ2v) is 6.39. The SMILES string of the molecule is Cl.O=C1CCC(N2C(=O)c3ccc(OC4CCNC4)cc3C2=O)C(=O)N1. The number of imide groups is 2. The molecule has 2 N–H and O–H groups in total. The average molecular weight is 380 g/mol. The predicted octanol–water partition coefficient (Wildman–Crippen LogP) is 0.250. The Bertz CT molecular complexity index is 791. The number of hydrogen-bond donors (Lipinski definition) is 2. The molecule has 26 heavy (non-hydrogen) atoms. The summed E-state index contributed by atoms with van der Waals surface area (Å²) in [5.41, 5.74) is 0.491. The smallest absolute Gasteiger partial charge is 0.262 e. The van der Waals surface area contributed by atoms with Crippen LogP contribution in [0.4, 0.5) is 0 Å². The first kappa shape index (κ1) is 18.3. The molecule has 8 nitrogen and oxygen atoms in total. The maximum Gasteiger partial charge on any atom is 0.262 e. The van der Waals surface area contributed by atoms with Gasteiger partial charge in [0.2, 0.25) is 11.8 Å². The summed E-state index contributed by atoms with van der Waals surface area (Å²) in [5, 5.41) is 5.37. The van der Waals surface area contributed by atoms with E-state index in [0.29, 0.717) is 5.75 Å². The van der Waals surface area contributed by atoms with Gasteiger partial charge in [-0.2, -0.15) is 0 Å². The van der Waals surface area contributed by atoms with Crippen molar-refractivity contribution < 1.29 is 23.9 Å². The fraction of sp³-hybridized carbons (Fsp3) is 0.412. The van der Waals surface area contributed by atoms with Gasteiger partial charge in [-0.1, -0.05) is 0 Å². The Kier molecular flexibility index (Phi) is 4.97. The zero-order valence-electron chi connectivity index (χ0n) is 13.8. The van der Waals surface area contributed by atoms with Crippen LogP contribution in [0.25, 0.3) is 0 Å². The van der Waals surface area contributed by atoms with E-state index in [2.05, 4.69) is 10.6 Å². The average Bonchev–Trinajstić information content (AvgIpc) is 3.17. The molecule has 3 aliphatic rings. The molecular weight excluding hydrogens is 362 g/mol. The Hall–Kier alpha value is -2.45. The number of carbonyl (C=O) groups excluding carboxylic acids is 4. The lowest BCUT2D eigenvalue weighted by molar-refractivity contribution is -0.136. The standard InChI is InChI=1S/C17H17N3O5.ClH/c21-14-4-3-13(15(22)19-14)20-16(23)11-2-1-9(7-12(11)17(20)24)25-10-5-6-18-8-10;/h1-2,7,10,13,18H,3-6,8H2,(H,19,21,22);1H. The molecule has 0 saturated carbocycles. The highest BCUT2D eigenvalue weighted by atomic mass is 35.5. The number of piperidine rings is 1. The van der Waals surface area contributed by atoms with E-state index in [9.17, 15) is 19.2 Å². The number of hydrogen-bond acceptors (Lipinski definition) is 6. The van der Waals surface area contributed by atoms with E-state index >= 15 is 0 Å². The van der Waals surface area contributed by atoms with Crippen LogP contribution >= 0.6 is 12.4 Å². The summed E-state index contributed by atoms with van der Waals surface area (Å²) >= 11 is 0. The van der Waals surface area contributed by atoms with Gasteiger partial charge in [0.25, 0.3) is 11.8 Å². The molecule has 0 aliphatic carbocycles. The van der Waals surface area contributed by atoms with E-state index < -0.39 is 29.7 Å². The summed E-state index contributed by atoms with van der Waals surface area (Å²) in [7, 11) is 0. The first-order chi connectivity index (χ1) is 12.0. The van der Waals surface area contributed by atoms with Crippen molar-refractivity contribution in [3.8, 4) is 5.75 Å². The highest BCUT2D eigenvalue weighted by molar-refractivity contribution is 6.23. The Labute approximate surface area is 155 Å². The van der Waals surface area contributed by atoms with Crippen LogP contribution in [0.1, 0.15) is 40.0 Å². The zero-order chi connectivity index (χ0) is 17.6. The topological polar surface area (TPSA) is 105 Å². The summed E-state index contributed by atoms with van der Waals surface area (Å²) in [4.78, 5) is 49.5. The lowest BCUT2D eigenvalue weighted by atomic mass is 10.0. The molecule has 2 atom stereocenters. The van der Waals surface area contributed by atoms with Gasteiger partial charge in [0.1, 0.15) is 17.9 Å². The molecule has 0 bridgehead atoms. The van der Waals surface area contributed by atoms with Crippen molar-refractivity contribution in [1.82, 2.24) is 15.5 Å². The minimum Gasteiger partial charge on any atom is -0.489 e. The summed E-state index contributed by atoms with van der Waals surface area (Å²) in [6.45, 7) is 1.63. The van der Waals surface area contributed by atoms with E-state index in [1.165, 1.54) is 0 Å². The van der Waals surface area contributed by atoms with Crippen LogP contribution in [0.15, 0.2) is 18.2 Å². The normalized spacial score (nSPS) is 25.0. The van der Waals surface area contributed by atoms with E-state index in [0.717, 1.165) is 24.4 Å². The molecule has 0 spiro atoms. The van der Waals surface area contributed by atoms with Crippen LogP contribution in [-0.4, -0.2) is 53.8 Å². The number of fused-ring (bicyclic) bond motifs is 1. The van der Waals surface area contributed by atoms with E-state index in [4.69, 9.17) is 4.74 Å². The van der Waals surface area contributed by atoms with Crippen molar-refractivity contribution in [2.24, 2.45) is 0 Å². The minimum atomic E-state index is -0.950. The van der Waals surface area contributed by atoms with Gasteiger partial charge in [0.05, 0.1) is 11.1 Å². The third-order valence-electron chi connectivity index (χ3n) is 4.73. The van der Waals surface area contributed by atoms with Gasteiger partial charge in [-0.25, -0.2) is 0 Å². The molecular formula is C17H18ClN3O5. The number of carbonyl (C=O) groups is 4. The molecule has 3 aliphatic heterocycles. The fourth-order valence-electron chi connectivity index (χ4n) is 3.44. The van der Waals surface area contributed by atoms with Gasteiger partial charge in [0.15, 0.2) is 0 Å². The van der Waals surface area contributed by atoms with Crippen LogP contribution < -0.4 is 15.4 Å². The number of halogens is 1. The van der Waals surface area contributed by atoms with Crippen molar-refractivity contribution >= 4 is 36.0 Å². The van der Waals surface area contributed by atoms with Crippen LogP contribution in [0.3, 0.4) is 0 Å². The summed E-state index contributed by atoms with van der Waals surface area (Å²) < 4.78 is 5.83. The molecule has 1 aromatic carbocycles. The second kappa shape index (κ2) is 7.05. The van der Waals surface area contributed by atoms with Crippen LogP contribution in [0.2, 0.25) is 0 Å². The Balaban J connectivity index is 0.00000196. The van der Waals surface area contributed by atoms with Gasteiger partial charge in [0, 0.05) is 13.0 Å². The van der Waals surface area contributed by atoms with Gasteiger partial charge >= 0.3 is 0 Å². The van der Waals surface area contributed by atoms with E-state index in [-0.39, 0.29) is 42.5 Å². The number of nitrogens with zero attached hydrogens (tertiary/aromatic N) is 1. The van der Waals surface area contributed by atoms with Crippen molar-refractivity contribution in [1.29, 1.82) is 0 Å². The Morgan fingerprint density at radius 1 is 1.04 bits per heavy atom. The van der Waals surface area contributed by atoms with Crippen molar-refractivity contribution in [3.63, 3.8) is 0 Å². The van der Waals surface area contributed by atoms with Crippen LogP contribution in [-0.2, 0) is 9.59 Å². The maximum atomic E-state index is 12.7. The fourth-order valence-corrected chi connectivity index (χ4v) is 3.44. The van der Waals surface area contributed by atoms with Gasteiger partial charge < -0.3 is 10.1 Å². The molecule has 0 radical (unpaired) electrons. The number of amides is 4. The highest BCUT2D eigenvalue weighted by Gasteiger charge is 2.44. The number of nitrogens with one attached hydrogen (secondary N) is 2. The molecule has 4 rings (SSSR count). The monoisotopic (exact) mass is 379 g/mol. The molecule has 3 heterocycles. The molecule has 2 fully saturated rings. The van der Waals surface area contributed by atoms with Crippen LogP contribution in [0.5, 0.6) is 5.75 Å². The summed E-state index contributed by atoms with van der Waals surface area (Å²) in [6.07, 6.45) is 1.17. The quantitative estimate of drug-likeness (QED) is 0.729. The summed E-state index contributed by atoms with van der Waals surface area (Å²) in [5.74, 6) is -1.51. The molecule has 2 saturated heterocycles. The number of benzene rings is 1. The third kappa shape index (κ3) is 3.06. The molecule has 2 unspecified atom stereocenters.